The molecule has 0 radical (unpaired) electrons. The van der Waals surface area contributed by atoms with Gasteiger partial charge in [-0.1, -0.05) is 0 Å². The number of rotatable bonds is 3. The Morgan fingerprint density at radius 1 is 1.03 bits per heavy atom. The normalized spacial score (nSPS) is 14.9. The highest BCUT2D eigenvalue weighted by atomic mass is 19.1. The van der Waals surface area contributed by atoms with Crippen molar-refractivity contribution in [3.8, 4) is 6.07 Å². The minimum absolute atomic E-state index is 0.120. The van der Waals surface area contributed by atoms with E-state index in [-0.39, 0.29) is 11.6 Å². The number of nitriles is 1. The Kier molecular flexibility index (Phi) is 4.45. The van der Waals surface area contributed by atoms with Crippen LogP contribution < -0.4 is 10.2 Å². The van der Waals surface area contributed by atoms with Crippen LogP contribution in [0.4, 0.5) is 21.9 Å². The first-order valence-corrected chi connectivity index (χ1v) is 9.70. The van der Waals surface area contributed by atoms with Gasteiger partial charge in [0.25, 0.3) is 0 Å². The summed E-state index contributed by atoms with van der Waals surface area (Å²) in [6, 6.07) is 14.6. The first-order valence-electron chi connectivity index (χ1n) is 9.70. The second-order valence-electron chi connectivity index (χ2n) is 7.43. The maximum absolute atomic E-state index is 14.7. The van der Waals surface area contributed by atoms with Gasteiger partial charge in [0.1, 0.15) is 11.3 Å². The van der Waals surface area contributed by atoms with Gasteiger partial charge in [0, 0.05) is 43.3 Å². The SMILES string of the molecule is CN1CCN(c2cc(F)c3oc(Nc4ccc5cc(C#N)ccc5n4)nc3c2)CC1. The van der Waals surface area contributed by atoms with Crippen LogP contribution in [0.3, 0.4) is 0 Å². The molecule has 0 atom stereocenters. The van der Waals surface area contributed by atoms with E-state index in [1.807, 2.05) is 12.1 Å². The zero-order chi connectivity index (χ0) is 20.7. The topological polar surface area (TPSA) is 81.2 Å². The first-order chi connectivity index (χ1) is 14.6. The molecule has 0 aliphatic carbocycles. The molecule has 1 aliphatic heterocycles. The van der Waals surface area contributed by atoms with E-state index in [2.05, 4.69) is 38.2 Å². The fraction of sp³-hybridized carbons (Fsp3) is 0.227. The summed E-state index contributed by atoms with van der Waals surface area (Å²) in [5, 5.41) is 12.9. The van der Waals surface area contributed by atoms with Crippen molar-refractivity contribution in [1.82, 2.24) is 14.9 Å². The average Bonchev–Trinajstić information content (AvgIpc) is 3.17. The van der Waals surface area contributed by atoms with Crippen LogP contribution in [0, 0.1) is 17.1 Å². The molecule has 30 heavy (non-hydrogen) atoms. The summed E-state index contributed by atoms with van der Waals surface area (Å²) >= 11 is 0. The van der Waals surface area contributed by atoms with Gasteiger partial charge in [-0.25, -0.2) is 9.37 Å². The van der Waals surface area contributed by atoms with Crippen molar-refractivity contribution < 1.29 is 8.81 Å². The number of anilines is 3. The van der Waals surface area contributed by atoms with Crippen LogP contribution in [0.1, 0.15) is 5.56 Å². The lowest BCUT2D eigenvalue weighted by Crippen LogP contribution is -2.44. The van der Waals surface area contributed by atoms with E-state index < -0.39 is 5.82 Å². The monoisotopic (exact) mass is 402 g/mol. The van der Waals surface area contributed by atoms with E-state index >= 15 is 0 Å². The third-order valence-electron chi connectivity index (χ3n) is 5.35. The van der Waals surface area contributed by atoms with Gasteiger partial charge in [-0.15, -0.1) is 0 Å². The Morgan fingerprint density at radius 2 is 1.87 bits per heavy atom. The second kappa shape index (κ2) is 7.28. The van der Waals surface area contributed by atoms with Crippen molar-refractivity contribution in [3.63, 3.8) is 0 Å². The molecule has 4 aromatic rings. The Morgan fingerprint density at radius 3 is 2.67 bits per heavy atom. The Labute approximate surface area is 172 Å². The highest BCUT2D eigenvalue weighted by Gasteiger charge is 2.19. The van der Waals surface area contributed by atoms with Crippen LogP contribution in [-0.4, -0.2) is 48.1 Å². The zero-order valence-electron chi connectivity index (χ0n) is 16.4. The fourth-order valence-corrected chi connectivity index (χ4v) is 3.65. The maximum Gasteiger partial charge on any atom is 0.301 e. The molecule has 0 bridgehead atoms. The van der Waals surface area contributed by atoms with E-state index in [0.717, 1.165) is 42.8 Å². The number of oxazole rings is 1. The van der Waals surface area contributed by atoms with Crippen LogP contribution in [0.15, 0.2) is 46.9 Å². The van der Waals surface area contributed by atoms with Crippen molar-refractivity contribution in [2.45, 2.75) is 0 Å². The number of likely N-dealkylation sites (N-methyl/N-ethyl adjacent to an activating group) is 1. The number of fused-ring (bicyclic) bond motifs is 2. The molecule has 1 fully saturated rings. The van der Waals surface area contributed by atoms with E-state index in [4.69, 9.17) is 9.68 Å². The number of hydrogen-bond donors (Lipinski definition) is 1. The molecule has 0 amide bonds. The minimum Gasteiger partial charge on any atom is -0.420 e. The smallest absolute Gasteiger partial charge is 0.301 e. The maximum atomic E-state index is 14.7. The molecular formula is C22H19FN6O. The number of nitrogens with zero attached hydrogens (tertiary/aromatic N) is 5. The van der Waals surface area contributed by atoms with Gasteiger partial charge in [0.2, 0.25) is 0 Å². The van der Waals surface area contributed by atoms with Gasteiger partial charge >= 0.3 is 6.01 Å². The Balaban J connectivity index is 1.43. The zero-order valence-corrected chi connectivity index (χ0v) is 16.4. The Hall–Kier alpha value is -3.70. The lowest BCUT2D eigenvalue weighted by molar-refractivity contribution is 0.313. The van der Waals surface area contributed by atoms with Crippen molar-refractivity contribution in [2.75, 3.05) is 43.4 Å². The number of piperazine rings is 1. The largest absolute Gasteiger partial charge is 0.420 e. The third kappa shape index (κ3) is 3.40. The van der Waals surface area contributed by atoms with Crippen LogP contribution in [-0.2, 0) is 0 Å². The van der Waals surface area contributed by atoms with Gasteiger partial charge in [-0.2, -0.15) is 10.2 Å². The molecule has 2 aromatic heterocycles. The number of benzene rings is 2. The van der Waals surface area contributed by atoms with Crippen LogP contribution in [0.2, 0.25) is 0 Å². The van der Waals surface area contributed by atoms with Crippen LogP contribution in [0.5, 0.6) is 0 Å². The third-order valence-corrected chi connectivity index (χ3v) is 5.35. The Bertz CT molecular complexity index is 1290. The van der Waals surface area contributed by atoms with Gasteiger partial charge < -0.3 is 14.2 Å². The molecule has 1 saturated heterocycles. The predicted molar refractivity (Wildman–Crippen MR) is 113 cm³/mol. The summed E-state index contributed by atoms with van der Waals surface area (Å²) in [6.07, 6.45) is 0. The van der Waals surface area contributed by atoms with Crippen LogP contribution >= 0.6 is 0 Å². The summed E-state index contributed by atoms with van der Waals surface area (Å²) in [5.74, 6) is 0.0935. The molecule has 2 aromatic carbocycles. The molecule has 3 heterocycles. The van der Waals surface area contributed by atoms with Crippen molar-refractivity contribution in [3.05, 3.63) is 53.8 Å². The number of nitrogens with one attached hydrogen (secondary N) is 1. The number of halogens is 1. The molecule has 150 valence electrons. The van der Waals surface area contributed by atoms with Crippen molar-refractivity contribution in [2.24, 2.45) is 0 Å². The molecule has 5 rings (SSSR count). The van der Waals surface area contributed by atoms with Crippen LogP contribution in [0.25, 0.3) is 22.0 Å². The quantitative estimate of drug-likeness (QED) is 0.557. The molecule has 1 aliphatic rings. The van der Waals surface area contributed by atoms with E-state index in [0.29, 0.717) is 16.9 Å². The van der Waals surface area contributed by atoms with Crippen molar-refractivity contribution in [1.29, 1.82) is 5.26 Å². The lowest BCUT2D eigenvalue weighted by atomic mass is 10.1. The van der Waals surface area contributed by atoms with E-state index in [1.165, 1.54) is 6.07 Å². The molecule has 0 unspecified atom stereocenters. The summed E-state index contributed by atoms with van der Waals surface area (Å²) in [4.78, 5) is 13.3. The fourth-order valence-electron chi connectivity index (χ4n) is 3.65. The lowest BCUT2D eigenvalue weighted by Gasteiger charge is -2.34. The molecule has 0 spiro atoms. The summed E-state index contributed by atoms with van der Waals surface area (Å²) in [6.45, 7) is 3.57. The molecular weight excluding hydrogens is 383 g/mol. The molecule has 7 nitrogen and oxygen atoms in total. The van der Waals surface area contributed by atoms with Crippen molar-refractivity contribution >= 4 is 39.5 Å². The summed E-state index contributed by atoms with van der Waals surface area (Å²) < 4.78 is 20.3. The first kappa shape index (κ1) is 18.3. The summed E-state index contributed by atoms with van der Waals surface area (Å²) in [5.41, 5.74) is 2.71. The number of hydrogen-bond acceptors (Lipinski definition) is 7. The minimum atomic E-state index is -0.433. The molecule has 8 heteroatoms. The average molecular weight is 402 g/mol. The van der Waals surface area contributed by atoms with E-state index in [9.17, 15) is 4.39 Å². The van der Waals surface area contributed by atoms with Gasteiger partial charge in [0.05, 0.1) is 17.1 Å². The molecule has 1 N–H and O–H groups in total. The predicted octanol–water partition coefficient (Wildman–Crippen LogP) is 3.88. The molecule has 0 saturated carbocycles. The highest BCUT2D eigenvalue weighted by molar-refractivity contribution is 5.83. The highest BCUT2D eigenvalue weighted by Crippen LogP contribution is 2.29. The van der Waals surface area contributed by atoms with Gasteiger partial charge in [0.15, 0.2) is 11.4 Å². The standard InChI is InChI=1S/C22H19FN6O/c1-28-6-8-29(9-7-28)16-11-17(23)21-19(12-16)26-22(30-21)27-20-5-3-15-10-14(13-24)2-4-18(15)25-20/h2-5,10-12H,6-9H2,1H3,(H,25,26,27). The van der Waals surface area contributed by atoms with Gasteiger partial charge in [-0.3, -0.25) is 5.32 Å². The number of pyridine rings is 1. The van der Waals surface area contributed by atoms with Gasteiger partial charge in [-0.05, 0) is 43.4 Å². The summed E-state index contributed by atoms with van der Waals surface area (Å²) in [7, 11) is 2.08. The van der Waals surface area contributed by atoms with E-state index in [1.54, 1.807) is 24.3 Å². The second-order valence-corrected chi connectivity index (χ2v) is 7.43. The number of aromatic nitrogens is 2.